The van der Waals surface area contributed by atoms with Gasteiger partial charge in [0, 0.05) is 22.1 Å². The van der Waals surface area contributed by atoms with Gasteiger partial charge in [0.05, 0.1) is 0 Å². The largest absolute Gasteiger partial charge is 0.462 e. The number of amidine groups is 1. The van der Waals surface area contributed by atoms with Crippen molar-refractivity contribution in [1.82, 2.24) is 0 Å². The van der Waals surface area contributed by atoms with Gasteiger partial charge in [0.15, 0.2) is 0 Å². The van der Waals surface area contributed by atoms with E-state index in [4.69, 9.17) is 16.2 Å². The maximum absolute atomic E-state index is 14.1. The Labute approximate surface area is 119 Å². The third kappa shape index (κ3) is 1.83. The smallest absolute Gasteiger partial charge is 0.283 e. The predicted molar refractivity (Wildman–Crippen MR) is 74.8 cm³/mol. The molecule has 1 saturated carbocycles. The molecule has 108 valence electrons. The number of hydrogen-bond acceptors (Lipinski definition) is 5. The number of nitrogen functional groups attached to an aromatic ring is 1. The van der Waals surface area contributed by atoms with Crippen LogP contribution in [0.25, 0.3) is 0 Å². The molecule has 0 radical (unpaired) electrons. The minimum atomic E-state index is -1.18. The van der Waals surface area contributed by atoms with Gasteiger partial charge in [-0.1, -0.05) is 0 Å². The number of ether oxygens (including phenoxy) is 1. The second-order valence-electron chi connectivity index (χ2n) is 5.09. The lowest BCUT2D eigenvalue weighted by molar-refractivity contribution is 0.168. The van der Waals surface area contributed by atoms with Crippen molar-refractivity contribution < 1.29 is 13.5 Å². The molecule has 1 aliphatic carbocycles. The normalized spacial score (nSPS) is 31.2. The summed E-state index contributed by atoms with van der Waals surface area (Å²) in [6.07, 6.45) is 2.27. The lowest BCUT2D eigenvalue weighted by atomic mass is 9.85. The molecule has 4 nitrogen and oxygen atoms in total. The van der Waals surface area contributed by atoms with Crippen LogP contribution in [0, 0.1) is 11.7 Å². The van der Waals surface area contributed by atoms with Gasteiger partial charge in [0.25, 0.3) is 6.02 Å². The van der Waals surface area contributed by atoms with E-state index in [0.717, 1.165) is 0 Å². The van der Waals surface area contributed by atoms with Crippen molar-refractivity contribution in [3.63, 3.8) is 0 Å². The number of aliphatic imine (C=N–C) groups is 1. The second-order valence-corrected chi connectivity index (χ2v) is 5.91. The number of fused-ring (bicyclic) bond motifs is 1. The summed E-state index contributed by atoms with van der Waals surface area (Å²) in [4.78, 5) is 4.54. The fourth-order valence-corrected chi connectivity index (χ4v) is 3.58. The molecule has 3 rings (SSSR count). The minimum Gasteiger partial charge on any atom is -0.462 e. The summed E-state index contributed by atoms with van der Waals surface area (Å²) in [6, 6.07) is 2.78. The highest BCUT2D eigenvalue weighted by Crippen LogP contribution is 2.55. The monoisotopic (exact) mass is 299 g/mol. The van der Waals surface area contributed by atoms with Crippen molar-refractivity contribution in [3.05, 3.63) is 23.5 Å². The Morgan fingerprint density at radius 2 is 2.25 bits per heavy atom. The predicted octanol–water partition coefficient (Wildman–Crippen LogP) is 2.03. The lowest BCUT2D eigenvalue weighted by Crippen LogP contribution is -2.39. The molecular formula is C13H15F2N3OS. The third-order valence-corrected chi connectivity index (χ3v) is 4.69. The molecule has 20 heavy (non-hydrogen) atoms. The van der Waals surface area contributed by atoms with Gasteiger partial charge in [-0.2, -0.15) is 0 Å². The first-order chi connectivity index (χ1) is 9.51. The molecule has 4 N–H and O–H groups in total. The summed E-state index contributed by atoms with van der Waals surface area (Å²) in [7, 11) is 0. The molecule has 2 aliphatic rings. The zero-order valence-corrected chi connectivity index (χ0v) is 11.7. The van der Waals surface area contributed by atoms with E-state index in [1.165, 1.54) is 17.8 Å². The van der Waals surface area contributed by atoms with Crippen molar-refractivity contribution in [3.8, 4) is 0 Å². The van der Waals surface area contributed by atoms with Crippen LogP contribution in [0.15, 0.2) is 22.0 Å². The van der Waals surface area contributed by atoms with Gasteiger partial charge < -0.3 is 16.2 Å². The number of nitrogens with zero attached hydrogens (tertiary/aromatic N) is 1. The van der Waals surface area contributed by atoms with Crippen molar-refractivity contribution in [1.29, 1.82) is 0 Å². The summed E-state index contributed by atoms with van der Waals surface area (Å²) < 4.78 is 33.2. The summed E-state index contributed by atoms with van der Waals surface area (Å²) >= 11 is 1.21. The van der Waals surface area contributed by atoms with Gasteiger partial charge in [0.1, 0.15) is 24.1 Å². The van der Waals surface area contributed by atoms with Gasteiger partial charge in [-0.3, -0.25) is 0 Å². The van der Waals surface area contributed by atoms with Crippen molar-refractivity contribution in [2.24, 2.45) is 16.6 Å². The summed E-state index contributed by atoms with van der Waals surface area (Å²) in [5.41, 5.74) is 10.9. The number of rotatable bonds is 3. The fourth-order valence-electron chi connectivity index (χ4n) is 2.87. The first kappa shape index (κ1) is 13.5. The van der Waals surface area contributed by atoms with Gasteiger partial charge >= 0.3 is 0 Å². The molecule has 1 aliphatic heterocycles. The van der Waals surface area contributed by atoms with Crippen LogP contribution in [0.3, 0.4) is 0 Å². The van der Waals surface area contributed by atoms with Crippen LogP contribution in [-0.4, -0.2) is 25.1 Å². The quantitative estimate of drug-likeness (QED) is 0.661. The molecule has 3 atom stereocenters. The minimum absolute atomic E-state index is 0.0451. The average Bonchev–Trinajstić information content (AvgIpc) is 3.16. The number of halogens is 2. The zero-order valence-electron chi connectivity index (χ0n) is 10.9. The molecule has 1 aromatic carbocycles. The Kier molecular flexibility index (Phi) is 3.04. The standard InChI is InChI=1S/C13H15F2N3OS/c1-20-11-8(2-6(16)3-9(11)15)13(5-14)7-4-10(7)19-12(17)18-13/h2-3,7,10H,4-5,16H2,1H3,(H2,17,18). The Morgan fingerprint density at radius 1 is 1.50 bits per heavy atom. The number of anilines is 1. The van der Waals surface area contributed by atoms with Crippen molar-refractivity contribution >= 4 is 23.5 Å². The van der Waals surface area contributed by atoms with E-state index in [-0.39, 0.29) is 23.7 Å². The molecule has 1 heterocycles. The Balaban J connectivity index is 2.22. The molecule has 1 aromatic rings. The molecule has 7 heteroatoms. The van der Waals surface area contributed by atoms with Crippen molar-refractivity contribution in [2.45, 2.75) is 23.0 Å². The van der Waals surface area contributed by atoms with Crippen LogP contribution >= 0.6 is 11.8 Å². The topological polar surface area (TPSA) is 73.6 Å². The molecule has 0 spiro atoms. The maximum atomic E-state index is 14.1. The van der Waals surface area contributed by atoms with E-state index in [9.17, 15) is 8.78 Å². The molecule has 0 bridgehead atoms. The number of hydrogen-bond donors (Lipinski definition) is 2. The molecule has 0 saturated heterocycles. The highest BCUT2D eigenvalue weighted by atomic mass is 32.2. The fraction of sp³-hybridized carbons (Fsp3) is 0.462. The highest BCUT2D eigenvalue weighted by Gasteiger charge is 2.60. The van der Waals surface area contributed by atoms with Crippen LogP contribution in [-0.2, 0) is 10.3 Å². The van der Waals surface area contributed by atoms with Crippen LogP contribution in [0.1, 0.15) is 12.0 Å². The van der Waals surface area contributed by atoms with E-state index >= 15 is 0 Å². The third-order valence-electron chi connectivity index (χ3n) is 3.87. The first-order valence-electron chi connectivity index (χ1n) is 6.23. The van der Waals surface area contributed by atoms with Gasteiger partial charge in [-0.15, -0.1) is 11.8 Å². The number of benzene rings is 1. The van der Waals surface area contributed by atoms with E-state index in [1.54, 1.807) is 12.3 Å². The van der Waals surface area contributed by atoms with Crippen LogP contribution in [0.2, 0.25) is 0 Å². The van der Waals surface area contributed by atoms with Crippen LogP contribution in [0.4, 0.5) is 14.5 Å². The van der Waals surface area contributed by atoms with E-state index in [1.807, 2.05) is 0 Å². The van der Waals surface area contributed by atoms with E-state index in [0.29, 0.717) is 16.9 Å². The average molecular weight is 299 g/mol. The first-order valence-corrected chi connectivity index (χ1v) is 7.45. The van der Waals surface area contributed by atoms with Gasteiger partial charge in [-0.05, 0) is 24.8 Å². The van der Waals surface area contributed by atoms with E-state index < -0.39 is 18.0 Å². The number of alkyl halides is 1. The molecule has 0 amide bonds. The molecular weight excluding hydrogens is 284 g/mol. The van der Waals surface area contributed by atoms with Gasteiger partial charge in [-0.25, -0.2) is 13.8 Å². The summed E-state index contributed by atoms with van der Waals surface area (Å²) in [5.74, 6) is -0.579. The van der Waals surface area contributed by atoms with Crippen molar-refractivity contribution in [2.75, 3.05) is 18.7 Å². The number of nitrogens with two attached hydrogens (primary N) is 2. The summed E-state index contributed by atoms with van der Waals surface area (Å²) in [5, 5.41) is 0. The van der Waals surface area contributed by atoms with E-state index in [2.05, 4.69) is 4.99 Å². The zero-order chi connectivity index (χ0) is 14.5. The molecule has 1 fully saturated rings. The lowest BCUT2D eigenvalue weighted by Gasteiger charge is -2.32. The highest BCUT2D eigenvalue weighted by molar-refractivity contribution is 7.98. The molecule has 0 aromatic heterocycles. The molecule has 3 unspecified atom stereocenters. The Morgan fingerprint density at radius 3 is 2.90 bits per heavy atom. The Hall–Kier alpha value is -1.50. The SMILES string of the molecule is CSc1c(F)cc(N)cc1C1(CF)N=C(N)OC2CC21. The Bertz CT molecular complexity index is 595. The van der Waals surface area contributed by atoms with Crippen LogP contribution < -0.4 is 11.5 Å². The van der Waals surface area contributed by atoms with Crippen LogP contribution in [0.5, 0.6) is 0 Å². The van der Waals surface area contributed by atoms with Gasteiger partial charge in [0.2, 0.25) is 0 Å². The summed E-state index contributed by atoms with van der Waals surface area (Å²) in [6.45, 7) is -0.755. The maximum Gasteiger partial charge on any atom is 0.283 e. The number of thioether (sulfide) groups is 1. The second kappa shape index (κ2) is 4.51.